The van der Waals surface area contributed by atoms with Crippen LogP contribution in [0.25, 0.3) is 11.0 Å². The molecule has 9 heteroatoms. The summed E-state index contributed by atoms with van der Waals surface area (Å²) in [6.07, 6.45) is 5.38. The van der Waals surface area contributed by atoms with Crippen LogP contribution < -0.4 is 5.32 Å². The van der Waals surface area contributed by atoms with Crippen LogP contribution in [0.4, 0.5) is 5.69 Å². The lowest BCUT2D eigenvalue weighted by Gasteiger charge is -2.25. The number of hydrogen-bond acceptors (Lipinski definition) is 8. The zero-order chi connectivity index (χ0) is 18.8. The number of rotatable bonds is 5. The molecule has 0 spiro atoms. The Morgan fingerprint density at radius 3 is 2.93 bits per heavy atom. The van der Waals surface area contributed by atoms with E-state index in [1.807, 2.05) is 17.8 Å². The number of fused-ring (bicyclic) bond motifs is 1. The third-order valence-corrected chi connectivity index (χ3v) is 4.89. The number of carbonyl (C=O) groups is 1. The van der Waals surface area contributed by atoms with Crippen molar-refractivity contribution in [2.75, 3.05) is 32.2 Å². The Morgan fingerprint density at radius 1 is 1.37 bits per heavy atom. The van der Waals surface area contributed by atoms with Crippen LogP contribution in [0.15, 0.2) is 17.4 Å². The average Bonchev–Trinajstić information content (AvgIpc) is 3.35. The second kappa shape index (κ2) is 7.51. The predicted molar refractivity (Wildman–Crippen MR) is 99.0 cm³/mol. The van der Waals surface area contributed by atoms with Gasteiger partial charge in [0.15, 0.2) is 11.7 Å². The SMILES string of the molecule is CCn1ncc2c(NC3CCOCC3)c(C3=NC(C(=O)OC)CO3)cnc21. The van der Waals surface area contributed by atoms with Gasteiger partial charge in [0.2, 0.25) is 5.90 Å². The fraction of sp³-hybridized carbons (Fsp3) is 0.556. The number of pyridine rings is 1. The molecule has 2 aliphatic heterocycles. The number of ether oxygens (including phenoxy) is 3. The van der Waals surface area contributed by atoms with Gasteiger partial charge in [0.05, 0.1) is 29.9 Å². The van der Waals surface area contributed by atoms with E-state index in [0.717, 1.165) is 54.9 Å². The van der Waals surface area contributed by atoms with Crippen molar-refractivity contribution in [1.82, 2.24) is 14.8 Å². The number of esters is 1. The van der Waals surface area contributed by atoms with Gasteiger partial charge in [-0.05, 0) is 19.8 Å². The minimum Gasteiger partial charge on any atom is -0.474 e. The molecular formula is C18H23N5O4. The van der Waals surface area contributed by atoms with Crippen LogP contribution in [0.5, 0.6) is 0 Å². The average molecular weight is 373 g/mol. The van der Waals surface area contributed by atoms with Crippen LogP contribution in [0, 0.1) is 0 Å². The van der Waals surface area contributed by atoms with Crippen molar-refractivity contribution in [3.05, 3.63) is 18.0 Å². The van der Waals surface area contributed by atoms with Crippen molar-refractivity contribution in [2.24, 2.45) is 4.99 Å². The zero-order valence-electron chi connectivity index (χ0n) is 15.5. The standard InChI is InChI=1S/C18H23N5O4/c1-3-23-16-12(9-20-23)15(21-11-4-6-26-7-5-11)13(8-19-16)17-22-14(10-27-17)18(24)25-2/h8-9,11,14H,3-7,10H2,1-2H3,(H,19,21). The second-order valence-electron chi connectivity index (χ2n) is 6.56. The van der Waals surface area contributed by atoms with Gasteiger partial charge in [-0.25, -0.2) is 19.5 Å². The van der Waals surface area contributed by atoms with E-state index in [1.165, 1.54) is 7.11 Å². The van der Waals surface area contributed by atoms with E-state index in [9.17, 15) is 4.79 Å². The summed E-state index contributed by atoms with van der Waals surface area (Å²) in [6.45, 7) is 4.40. The number of aryl methyl sites for hydroxylation is 1. The summed E-state index contributed by atoms with van der Waals surface area (Å²) in [7, 11) is 1.35. The van der Waals surface area contributed by atoms with Gasteiger partial charge in [-0.1, -0.05) is 0 Å². The Kier molecular flexibility index (Phi) is 4.93. The molecule has 0 amide bonds. The molecule has 0 aliphatic carbocycles. The highest BCUT2D eigenvalue weighted by Crippen LogP contribution is 2.30. The van der Waals surface area contributed by atoms with Crippen molar-refractivity contribution >= 4 is 28.6 Å². The maximum absolute atomic E-state index is 11.8. The third kappa shape index (κ3) is 3.34. The van der Waals surface area contributed by atoms with E-state index in [-0.39, 0.29) is 12.6 Å². The number of anilines is 1. The monoisotopic (exact) mass is 373 g/mol. The molecule has 1 saturated heterocycles. The first-order chi connectivity index (χ1) is 13.2. The van der Waals surface area contributed by atoms with Crippen LogP contribution in [-0.4, -0.2) is 65.6 Å². The highest BCUT2D eigenvalue weighted by Gasteiger charge is 2.30. The quantitative estimate of drug-likeness (QED) is 0.790. The molecule has 2 aromatic heterocycles. The summed E-state index contributed by atoms with van der Waals surface area (Å²) in [5.74, 6) is -0.00427. The summed E-state index contributed by atoms with van der Waals surface area (Å²) in [6, 6.07) is -0.360. The first-order valence-electron chi connectivity index (χ1n) is 9.18. The molecule has 1 unspecified atom stereocenters. The molecule has 0 aromatic carbocycles. The second-order valence-corrected chi connectivity index (χ2v) is 6.56. The van der Waals surface area contributed by atoms with E-state index < -0.39 is 12.0 Å². The number of nitrogens with zero attached hydrogens (tertiary/aromatic N) is 4. The molecule has 2 aliphatic rings. The summed E-state index contributed by atoms with van der Waals surface area (Å²) in [4.78, 5) is 20.7. The molecule has 27 heavy (non-hydrogen) atoms. The first kappa shape index (κ1) is 17.7. The van der Waals surface area contributed by atoms with Crippen LogP contribution in [0.1, 0.15) is 25.3 Å². The highest BCUT2D eigenvalue weighted by atomic mass is 16.5. The molecule has 144 valence electrons. The van der Waals surface area contributed by atoms with Crippen LogP contribution >= 0.6 is 0 Å². The molecule has 2 aromatic rings. The van der Waals surface area contributed by atoms with E-state index in [0.29, 0.717) is 5.90 Å². The largest absolute Gasteiger partial charge is 0.474 e. The summed E-state index contributed by atoms with van der Waals surface area (Å²) >= 11 is 0. The Morgan fingerprint density at radius 2 is 2.19 bits per heavy atom. The molecule has 0 radical (unpaired) electrons. The maximum Gasteiger partial charge on any atom is 0.334 e. The van der Waals surface area contributed by atoms with Gasteiger partial charge in [-0.2, -0.15) is 5.10 Å². The van der Waals surface area contributed by atoms with Crippen LogP contribution in [0.3, 0.4) is 0 Å². The Balaban J connectivity index is 1.75. The predicted octanol–water partition coefficient (Wildman–Crippen LogP) is 1.36. The molecule has 0 saturated carbocycles. The fourth-order valence-electron chi connectivity index (χ4n) is 3.40. The lowest BCUT2D eigenvalue weighted by molar-refractivity contribution is -0.142. The number of carbonyl (C=O) groups excluding carboxylic acids is 1. The zero-order valence-corrected chi connectivity index (χ0v) is 15.5. The molecular weight excluding hydrogens is 350 g/mol. The summed E-state index contributed by atoms with van der Waals surface area (Å²) in [5.41, 5.74) is 2.42. The van der Waals surface area contributed by atoms with Gasteiger partial charge >= 0.3 is 5.97 Å². The van der Waals surface area contributed by atoms with Gasteiger partial charge < -0.3 is 19.5 Å². The number of aliphatic imine (C=N–C) groups is 1. The van der Waals surface area contributed by atoms with Crippen molar-refractivity contribution in [3.63, 3.8) is 0 Å². The van der Waals surface area contributed by atoms with Gasteiger partial charge in [-0.15, -0.1) is 0 Å². The van der Waals surface area contributed by atoms with E-state index in [1.54, 1.807) is 6.20 Å². The molecule has 9 nitrogen and oxygen atoms in total. The fourth-order valence-corrected chi connectivity index (χ4v) is 3.40. The summed E-state index contributed by atoms with van der Waals surface area (Å²) in [5, 5.41) is 8.95. The number of aromatic nitrogens is 3. The van der Waals surface area contributed by atoms with Crippen molar-refractivity contribution in [2.45, 2.75) is 38.4 Å². The molecule has 0 bridgehead atoms. The molecule has 1 atom stereocenters. The molecule has 4 rings (SSSR count). The van der Waals surface area contributed by atoms with Crippen LogP contribution in [-0.2, 0) is 25.5 Å². The third-order valence-electron chi connectivity index (χ3n) is 4.89. The van der Waals surface area contributed by atoms with Crippen molar-refractivity contribution in [3.8, 4) is 0 Å². The highest BCUT2D eigenvalue weighted by molar-refractivity contribution is 6.07. The van der Waals surface area contributed by atoms with Crippen molar-refractivity contribution in [1.29, 1.82) is 0 Å². The maximum atomic E-state index is 11.8. The van der Waals surface area contributed by atoms with Gasteiger partial charge in [-0.3, -0.25) is 0 Å². The Bertz CT molecular complexity index is 872. The molecule has 1 N–H and O–H groups in total. The molecule has 1 fully saturated rings. The Hall–Kier alpha value is -2.68. The number of methoxy groups -OCH3 is 1. The minimum absolute atomic E-state index is 0.172. The minimum atomic E-state index is -0.644. The topological polar surface area (TPSA) is 99.9 Å². The van der Waals surface area contributed by atoms with Crippen LogP contribution in [0.2, 0.25) is 0 Å². The number of hydrogen-bond donors (Lipinski definition) is 1. The Labute approximate surface area is 156 Å². The van der Waals surface area contributed by atoms with Gasteiger partial charge in [0.25, 0.3) is 0 Å². The van der Waals surface area contributed by atoms with Gasteiger partial charge in [0, 0.05) is 32.0 Å². The lowest BCUT2D eigenvalue weighted by atomic mass is 10.1. The smallest absolute Gasteiger partial charge is 0.334 e. The van der Waals surface area contributed by atoms with E-state index in [4.69, 9.17) is 14.2 Å². The number of nitrogens with one attached hydrogen (secondary N) is 1. The first-order valence-corrected chi connectivity index (χ1v) is 9.18. The molecule has 4 heterocycles. The normalized spacial score (nSPS) is 20.4. The lowest BCUT2D eigenvalue weighted by Crippen LogP contribution is -2.28. The van der Waals surface area contributed by atoms with E-state index in [2.05, 4.69) is 20.4 Å². The summed E-state index contributed by atoms with van der Waals surface area (Å²) < 4.78 is 17.8. The van der Waals surface area contributed by atoms with Crippen molar-refractivity contribution < 1.29 is 19.0 Å². The van der Waals surface area contributed by atoms with Gasteiger partial charge in [0.1, 0.15) is 6.61 Å². The van der Waals surface area contributed by atoms with E-state index >= 15 is 0 Å².